The predicted molar refractivity (Wildman–Crippen MR) is 225 cm³/mol. The van der Waals surface area contributed by atoms with Crippen LogP contribution >= 0.6 is 0 Å². The van der Waals surface area contributed by atoms with Gasteiger partial charge in [-0.15, -0.1) is 0 Å². The first-order chi connectivity index (χ1) is 28.0. The van der Waals surface area contributed by atoms with Crippen LogP contribution in [0.25, 0.3) is 0 Å². The van der Waals surface area contributed by atoms with E-state index in [0.717, 1.165) is 12.0 Å². The smallest absolute Gasteiger partial charge is 0.329 e. The van der Waals surface area contributed by atoms with Crippen molar-refractivity contribution in [2.24, 2.45) is 29.6 Å². The molecule has 0 aromatic heterocycles. The van der Waals surface area contributed by atoms with E-state index in [9.17, 15) is 34.5 Å². The van der Waals surface area contributed by atoms with E-state index in [4.69, 9.17) is 18.9 Å². The molecule has 0 aromatic carbocycles. The number of allylic oxidation sites excluding steroid dienone is 5. The van der Waals surface area contributed by atoms with E-state index in [1.807, 2.05) is 57.2 Å². The van der Waals surface area contributed by atoms with E-state index < -0.39 is 59.8 Å². The summed E-state index contributed by atoms with van der Waals surface area (Å²) in [4.78, 5) is 57.0. The largest absolute Gasteiger partial charge is 0.460 e. The molecule has 1 aliphatic carbocycles. The Kier molecular flexibility index (Phi) is 18.7. The van der Waals surface area contributed by atoms with Gasteiger partial charge in [0.15, 0.2) is 0 Å². The van der Waals surface area contributed by atoms with E-state index in [-0.39, 0.29) is 61.0 Å². The number of piperidine rings is 1. The zero-order valence-electron chi connectivity index (χ0n) is 36.8. The fraction of sp³-hybridized carbons (Fsp3) is 0.745. The molecule has 3 fully saturated rings. The molecule has 1 unspecified atom stereocenters. The summed E-state index contributed by atoms with van der Waals surface area (Å²) in [5.41, 5.74) is 1.51. The molecule has 3 aliphatic heterocycles. The summed E-state index contributed by atoms with van der Waals surface area (Å²) in [7, 11) is 3.19. The van der Waals surface area contributed by atoms with Crippen molar-refractivity contribution in [2.75, 3.05) is 20.8 Å². The third kappa shape index (κ3) is 13.2. The monoisotopic (exact) mass is 828 g/mol. The van der Waals surface area contributed by atoms with Gasteiger partial charge in [0.25, 0.3) is 11.7 Å². The fourth-order valence-corrected chi connectivity index (χ4v) is 9.27. The minimum atomic E-state index is -2.38. The second-order valence-electron chi connectivity index (χ2n) is 18.1. The molecular weight excluding hydrogens is 755 g/mol. The van der Waals surface area contributed by atoms with Crippen LogP contribution in [0.3, 0.4) is 0 Å². The Bertz CT molecular complexity index is 1550. The average molecular weight is 828 g/mol. The van der Waals surface area contributed by atoms with Crippen LogP contribution in [0.1, 0.15) is 125 Å². The summed E-state index contributed by atoms with van der Waals surface area (Å²) in [6.07, 6.45) is 14.7. The average Bonchev–Trinajstić information content (AvgIpc) is 3.21. The highest BCUT2D eigenvalue weighted by Gasteiger charge is 2.53. The highest BCUT2D eigenvalue weighted by Crippen LogP contribution is 2.37. The Labute approximate surface area is 352 Å². The van der Waals surface area contributed by atoms with E-state index >= 15 is 0 Å². The van der Waals surface area contributed by atoms with Gasteiger partial charge in [-0.25, -0.2) is 4.79 Å². The van der Waals surface area contributed by atoms with Crippen LogP contribution in [-0.4, -0.2) is 113 Å². The number of nitrogens with zero attached hydrogens (tertiary/aromatic N) is 1. The van der Waals surface area contributed by atoms with Crippen molar-refractivity contribution in [3.8, 4) is 0 Å². The molecule has 59 heavy (non-hydrogen) atoms. The molecule has 4 aliphatic rings. The van der Waals surface area contributed by atoms with Gasteiger partial charge < -0.3 is 39.2 Å². The van der Waals surface area contributed by atoms with Crippen molar-refractivity contribution in [1.82, 2.24) is 4.90 Å². The molecule has 2 bridgehead atoms. The number of aliphatic hydroxyl groups is 3. The van der Waals surface area contributed by atoms with Crippen LogP contribution in [0.4, 0.5) is 0 Å². The number of Topliss-reactive ketones (excluding diaryl/α,β-unsaturated/α-hetero) is 2. The standard InChI is InChI=1S/C47H73NO11/c1-29-14-10-9-11-15-31(3)42(56-7)27-36-20-18-34(6)47(55,59-36)44(52)45(53)48-23-13-12-16-37(48)46(54)58-41(22-17-30(2)39(50)28-40(51)32(4)24-29)33(5)25-35-19-21-38(49)43(26-35)57-8/h9-11,14-15,17,29,32-39,41-43,49-50,55H,12-13,16,18-28H2,1-8H3/b11-9-,14-10-,30-17-,31-15-/t29-,32-,33-,34-,35+,36+,37+,38-,39+,41?,42+,43-,47-/m1/s1. The Morgan fingerprint density at radius 2 is 1.64 bits per heavy atom. The number of hydrogen-bond donors (Lipinski definition) is 3. The Hall–Kier alpha value is -3.00. The molecule has 1 saturated carbocycles. The van der Waals surface area contributed by atoms with Gasteiger partial charge in [0, 0.05) is 51.9 Å². The van der Waals surface area contributed by atoms with Crippen LogP contribution in [-0.2, 0) is 38.1 Å². The Morgan fingerprint density at radius 3 is 2.36 bits per heavy atom. The number of esters is 1. The number of cyclic esters (lactones) is 1. The maximum Gasteiger partial charge on any atom is 0.329 e. The quantitative estimate of drug-likeness (QED) is 0.161. The van der Waals surface area contributed by atoms with Crippen molar-refractivity contribution in [3.63, 3.8) is 0 Å². The van der Waals surface area contributed by atoms with E-state index in [1.165, 1.54) is 4.90 Å². The first kappa shape index (κ1) is 48.7. The number of carbonyl (C=O) groups excluding carboxylic acids is 4. The summed E-state index contributed by atoms with van der Waals surface area (Å²) in [6, 6.07) is -1.04. The van der Waals surface area contributed by atoms with Crippen molar-refractivity contribution < 1.29 is 53.4 Å². The number of fused-ring (bicyclic) bond motifs is 3. The van der Waals surface area contributed by atoms with Crippen molar-refractivity contribution in [3.05, 3.63) is 47.6 Å². The number of aliphatic hydroxyl groups excluding tert-OH is 2. The van der Waals surface area contributed by atoms with Crippen molar-refractivity contribution in [1.29, 1.82) is 0 Å². The van der Waals surface area contributed by atoms with Gasteiger partial charge in [-0.05, 0) is 107 Å². The molecule has 0 aromatic rings. The second kappa shape index (κ2) is 22.7. The lowest BCUT2D eigenvalue weighted by molar-refractivity contribution is -0.265. The molecule has 12 nitrogen and oxygen atoms in total. The maximum atomic E-state index is 14.2. The van der Waals surface area contributed by atoms with Gasteiger partial charge in [0.05, 0.1) is 30.5 Å². The maximum absolute atomic E-state index is 14.2. The molecule has 3 heterocycles. The molecule has 3 N–H and O–H groups in total. The van der Waals surface area contributed by atoms with Crippen molar-refractivity contribution >= 4 is 23.4 Å². The first-order valence-corrected chi connectivity index (χ1v) is 22.1. The third-order valence-corrected chi connectivity index (χ3v) is 13.4. The summed E-state index contributed by atoms with van der Waals surface area (Å²) in [5.74, 6) is -5.85. The minimum absolute atomic E-state index is 0.0316. The lowest BCUT2D eigenvalue weighted by atomic mass is 9.79. The molecule has 2 saturated heterocycles. The zero-order valence-corrected chi connectivity index (χ0v) is 36.8. The molecule has 12 heteroatoms. The molecule has 0 radical (unpaired) electrons. The van der Waals surface area contributed by atoms with Crippen molar-refractivity contribution in [2.45, 2.75) is 173 Å². The first-order valence-electron chi connectivity index (χ1n) is 22.1. The van der Waals surface area contributed by atoms with Gasteiger partial charge in [-0.1, -0.05) is 64.2 Å². The number of ether oxygens (including phenoxy) is 4. The van der Waals surface area contributed by atoms with Crippen LogP contribution in [0.5, 0.6) is 0 Å². The van der Waals surface area contributed by atoms with E-state index in [2.05, 4.69) is 6.92 Å². The van der Waals surface area contributed by atoms with Gasteiger partial charge in [0.1, 0.15) is 17.9 Å². The lowest BCUT2D eigenvalue weighted by Gasteiger charge is -2.42. The molecule has 0 spiro atoms. The van der Waals surface area contributed by atoms with E-state index in [0.29, 0.717) is 69.8 Å². The topological polar surface area (TPSA) is 169 Å². The Morgan fingerprint density at radius 1 is 0.898 bits per heavy atom. The number of rotatable bonds is 5. The molecule has 4 rings (SSSR count). The van der Waals surface area contributed by atoms with Gasteiger partial charge >= 0.3 is 5.97 Å². The highest BCUT2D eigenvalue weighted by atomic mass is 16.6. The summed E-state index contributed by atoms with van der Waals surface area (Å²) in [5, 5.41) is 33.5. The summed E-state index contributed by atoms with van der Waals surface area (Å²) >= 11 is 0. The number of methoxy groups -OCH3 is 2. The zero-order chi connectivity index (χ0) is 43.4. The molecular formula is C47H73NO11. The third-order valence-electron chi connectivity index (χ3n) is 13.4. The molecule has 332 valence electrons. The summed E-state index contributed by atoms with van der Waals surface area (Å²) < 4.78 is 23.8. The fourth-order valence-electron chi connectivity index (χ4n) is 9.27. The number of hydrogen-bond acceptors (Lipinski definition) is 11. The SMILES string of the molecule is CO[C@H]1C[C@@H]2CC[C@@H](C)[C@@](O)(O2)C(=O)C(=O)N2CCCC[C@H]2C(=O)OC([C@H](C)C[C@@H]2CC[C@@H](O)[C@H](OC)C2)C/C=C(/C)[C@@H](O)CC(=O)[C@H](C)C[C@H](C)\C=C/C=C\C=C/1C. The van der Waals surface area contributed by atoms with Crippen LogP contribution in [0, 0.1) is 29.6 Å². The molecule has 13 atom stereocenters. The second-order valence-corrected chi connectivity index (χ2v) is 18.1. The van der Waals surface area contributed by atoms with Gasteiger partial charge in [-0.2, -0.15) is 0 Å². The number of ketones is 2. The normalized spacial score (nSPS) is 40.3. The number of carbonyl (C=O) groups is 4. The van der Waals surface area contributed by atoms with Crippen LogP contribution < -0.4 is 0 Å². The predicted octanol–water partition coefficient (Wildman–Crippen LogP) is 6.35. The highest BCUT2D eigenvalue weighted by molar-refractivity contribution is 6.39. The minimum Gasteiger partial charge on any atom is -0.460 e. The van der Waals surface area contributed by atoms with E-state index in [1.54, 1.807) is 28.1 Å². The van der Waals surface area contributed by atoms with Gasteiger partial charge in [-0.3, -0.25) is 14.4 Å². The van der Waals surface area contributed by atoms with Crippen LogP contribution in [0.2, 0.25) is 0 Å². The molecule has 1 amide bonds. The Balaban J connectivity index is 1.65. The van der Waals surface area contributed by atoms with Gasteiger partial charge in [0.2, 0.25) is 5.79 Å². The summed E-state index contributed by atoms with van der Waals surface area (Å²) in [6.45, 7) is 11.5. The van der Waals surface area contributed by atoms with Crippen LogP contribution in [0.15, 0.2) is 47.6 Å². The lowest BCUT2D eigenvalue weighted by Crippen LogP contribution is -2.61. The number of amides is 1.